The maximum Gasteiger partial charge on any atom is 0.440 e. The zero-order valence-electron chi connectivity index (χ0n) is 16.7. The number of rotatable bonds is 7. The normalized spacial score (nSPS) is 24.8. The Balaban J connectivity index is 1.68. The first-order valence-electron chi connectivity index (χ1n) is 9.49. The smallest absolute Gasteiger partial charge is 0.440 e. The number of carbonyl (C=O) groups excluding carboxylic acids is 2. The molecule has 0 aromatic heterocycles. The molecular weight excluding hydrogens is 476 g/mol. The maximum absolute atomic E-state index is 13.9. The quantitative estimate of drug-likeness (QED) is 0.269. The standard InChI is InChI=1S/C20H19ClF4N2O4S/c1-32-5-4-30-17(28)11-2-3-15(8-11)26-18(29)19(20(23,24)25)10-16(27-31-19)12-6-13(21)9-14(22)7-12/h2-3,6-7,9,11,15H,4-5,8,10H2,1H3,(H,26,29)/t11-,15+,19?/m1/s1. The van der Waals surface area contributed by atoms with E-state index in [1.54, 1.807) is 0 Å². The summed E-state index contributed by atoms with van der Waals surface area (Å²) in [6.45, 7) is 0.219. The molecule has 2 aliphatic rings. The molecule has 1 unspecified atom stereocenters. The van der Waals surface area contributed by atoms with Gasteiger partial charge in [-0.1, -0.05) is 28.9 Å². The molecule has 0 spiro atoms. The summed E-state index contributed by atoms with van der Waals surface area (Å²) in [5.74, 6) is -2.79. The summed E-state index contributed by atoms with van der Waals surface area (Å²) in [6, 6.07) is 2.34. The highest BCUT2D eigenvalue weighted by Crippen LogP contribution is 2.42. The van der Waals surface area contributed by atoms with Gasteiger partial charge in [0.25, 0.3) is 5.91 Å². The molecule has 1 aromatic rings. The van der Waals surface area contributed by atoms with Gasteiger partial charge in [-0.2, -0.15) is 24.9 Å². The van der Waals surface area contributed by atoms with Crippen molar-refractivity contribution in [3.8, 4) is 0 Å². The number of nitrogens with zero attached hydrogens (tertiary/aromatic N) is 1. The van der Waals surface area contributed by atoms with Crippen molar-refractivity contribution in [3.63, 3.8) is 0 Å². The van der Waals surface area contributed by atoms with Crippen molar-refractivity contribution < 1.29 is 36.7 Å². The second-order valence-electron chi connectivity index (χ2n) is 7.26. The van der Waals surface area contributed by atoms with Crippen LogP contribution in [0.3, 0.4) is 0 Å². The predicted molar refractivity (Wildman–Crippen MR) is 111 cm³/mol. The molecule has 12 heteroatoms. The maximum atomic E-state index is 13.9. The van der Waals surface area contributed by atoms with E-state index in [4.69, 9.17) is 16.3 Å². The van der Waals surface area contributed by atoms with Crippen molar-refractivity contribution in [2.24, 2.45) is 11.1 Å². The third kappa shape index (κ3) is 5.20. The number of ether oxygens (including phenoxy) is 1. The minimum Gasteiger partial charge on any atom is -0.464 e. The van der Waals surface area contributed by atoms with E-state index in [1.165, 1.54) is 30.0 Å². The molecule has 1 amide bonds. The van der Waals surface area contributed by atoms with Gasteiger partial charge in [-0.15, -0.1) is 0 Å². The van der Waals surface area contributed by atoms with Crippen LogP contribution in [-0.4, -0.2) is 54.0 Å². The van der Waals surface area contributed by atoms with E-state index in [2.05, 4.69) is 15.3 Å². The van der Waals surface area contributed by atoms with Gasteiger partial charge in [-0.25, -0.2) is 4.39 Å². The van der Waals surface area contributed by atoms with E-state index in [-0.39, 0.29) is 29.3 Å². The topological polar surface area (TPSA) is 77.0 Å². The summed E-state index contributed by atoms with van der Waals surface area (Å²) in [6.07, 6.45) is -1.24. The SMILES string of the molecule is CSCCOC(=O)[C@@H]1C=C[C@H](NC(=O)C2(C(F)(F)F)CC(c3cc(F)cc(Cl)c3)=NO2)C1. The van der Waals surface area contributed by atoms with E-state index in [0.717, 1.165) is 12.1 Å². The first-order valence-corrected chi connectivity index (χ1v) is 11.3. The molecule has 0 fully saturated rings. The number of nitrogens with one attached hydrogen (secondary N) is 1. The van der Waals surface area contributed by atoms with Crippen molar-refractivity contribution in [3.05, 3.63) is 46.8 Å². The third-order valence-corrected chi connectivity index (χ3v) is 5.78. The largest absolute Gasteiger partial charge is 0.464 e. The Morgan fingerprint density at radius 1 is 1.34 bits per heavy atom. The Morgan fingerprint density at radius 2 is 2.09 bits per heavy atom. The molecule has 1 aliphatic carbocycles. The monoisotopic (exact) mass is 494 g/mol. The first kappa shape index (κ1) is 24.4. The highest BCUT2D eigenvalue weighted by Gasteiger charge is 2.66. The molecule has 32 heavy (non-hydrogen) atoms. The van der Waals surface area contributed by atoms with Crippen molar-refractivity contribution >= 4 is 41.0 Å². The average molecular weight is 495 g/mol. The summed E-state index contributed by atoms with van der Waals surface area (Å²) < 4.78 is 60.4. The highest BCUT2D eigenvalue weighted by atomic mass is 35.5. The van der Waals surface area contributed by atoms with Crippen LogP contribution in [0, 0.1) is 11.7 Å². The Kier molecular flexibility index (Phi) is 7.39. The Bertz CT molecular complexity index is 936. The van der Waals surface area contributed by atoms with Gasteiger partial charge in [0.1, 0.15) is 12.4 Å². The molecule has 3 atom stereocenters. The molecule has 1 aromatic carbocycles. The fourth-order valence-corrected chi connectivity index (χ4v) is 3.78. The molecule has 0 saturated carbocycles. The summed E-state index contributed by atoms with van der Waals surface area (Å²) >= 11 is 7.26. The van der Waals surface area contributed by atoms with E-state index < -0.39 is 47.9 Å². The van der Waals surface area contributed by atoms with Crippen LogP contribution in [-0.2, 0) is 19.2 Å². The Hall–Kier alpha value is -2.27. The molecule has 1 aliphatic heterocycles. The summed E-state index contributed by atoms with van der Waals surface area (Å²) in [7, 11) is 0. The van der Waals surface area contributed by atoms with Crippen LogP contribution < -0.4 is 5.32 Å². The average Bonchev–Trinajstić information content (AvgIpc) is 3.35. The molecule has 174 valence electrons. The lowest BCUT2D eigenvalue weighted by Crippen LogP contribution is -2.58. The predicted octanol–water partition coefficient (Wildman–Crippen LogP) is 3.87. The van der Waals surface area contributed by atoms with Crippen molar-refractivity contribution in [2.45, 2.75) is 30.7 Å². The van der Waals surface area contributed by atoms with E-state index in [9.17, 15) is 27.2 Å². The van der Waals surface area contributed by atoms with Crippen molar-refractivity contribution in [2.75, 3.05) is 18.6 Å². The van der Waals surface area contributed by atoms with Crippen LogP contribution in [0.25, 0.3) is 0 Å². The Labute approximate surface area is 190 Å². The van der Waals surface area contributed by atoms with E-state index >= 15 is 0 Å². The number of carbonyl (C=O) groups is 2. The van der Waals surface area contributed by atoms with Gasteiger partial charge >= 0.3 is 17.7 Å². The lowest BCUT2D eigenvalue weighted by molar-refractivity contribution is -0.259. The zero-order valence-corrected chi connectivity index (χ0v) is 18.3. The van der Waals surface area contributed by atoms with Crippen molar-refractivity contribution in [1.29, 1.82) is 0 Å². The lowest BCUT2D eigenvalue weighted by Gasteiger charge is -2.29. The van der Waals surface area contributed by atoms with Crippen LogP contribution in [0.1, 0.15) is 18.4 Å². The minimum atomic E-state index is -5.11. The second-order valence-corrected chi connectivity index (χ2v) is 8.68. The summed E-state index contributed by atoms with van der Waals surface area (Å²) in [5.41, 5.74) is -3.58. The molecular formula is C20H19ClF4N2O4S. The van der Waals surface area contributed by atoms with Crippen LogP contribution in [0.5, 0.6) is 0 Å². The van der Waals surface area contributed by atoms with Crippen LogP contribution in [0.15, 0.2) is 35.5 Å². The minimum absolute atomic E-state index is 0.0252. The fourth-order valence-electron chi connectivity index (χ4n) is 3.31. The van der Waals surface area contributed by atoms with Crippen molar-refractivity contribution in [1.82, 2.24) is 5.32 Å². The number of hydrogen-bond acceptors (Lipinski definition) is 6. The first-order chi connectivity index (χ1) is 15.1. The van der Waals surface area contributed by atoms with Crippen LogP contribution in [0.2, 0.25) is 5.02 Å². The van der Waals surface area contributed by atoms with Gasteiger partial charge in [0, 0.05) is 22.4 Å². The Morgan fingerprint density at radius 3 is 2.75 bits per heavy atom. The number of alkyl halides is 3. The van der Waals surface area contributed by atoms with Gasteiger partial charge in [0.15, 0.2) is 0 Å². The number of amides is 1. The summed E-state index contributed by atoms with van der Waals surface area (Å²) in [5, 5.41) is 5.63. The van der Waals surface area contributed by atoms with Gasteiger partial charge < -0.3 is 14.9 Å². The second kappa shape index (κ2) is 9.70. The van der Waals surface area contributed by atoms with Crippen LogP contribution >= 0.6 is 23.4 Å². The van der Waals surface area contributed by atoms with Gasteiger partial charge in [0.2, 0.25) is 0 Å². The molecule has 0 saturated heterocycles. The zero-order chi connectivity index (χ0) is 23.5. The molecule has 0 bridgehead atoms. The molecule has 1 N–H and O–H groups in total. The number of esters is 1. The molecule has 1 heterocycles. The number of benzene rings is 1. The third-order valence-electron chi connectivity index (χ3n) is 4.98. The molecule has 0 radical (unpaired) electrons. The number of halogens is 5. The van der Waals surface area contributed by atoms with E-state index in [0.29, 0.717) is 5.75 Å². The summed E-state index contributed by atoms with van der Waals surface area (Å²) in [4.78, 5) is 29.3. The fraction of sp³-hybridized carbons (Fsp3) is 0.450. The van der Waals surface area contributed by atoms with Gasteiger partial charge in [-0.05, 0) is 30.9 Å². The van der Waals surface area contributed by atoms with Crippen LogP contribution in [0.4, 0.5) is 17.6 Å². The number of oxime groups is 1. The van der Waals surface area contributed by atoms with Gasteiger partial charge in [0.05, 0.1) is 18.1 Å². The van der Waals surface area contributed by atoms with Gasteiger partial charge in [-0.3, -0.25) is 9.59 Å². The lowest BCUT2D eigenvalue weighted by atomic mass is 9.92. The number of thioether (sulfide) groups is 1. The highest BCUT2D eigenvalue weighted by molar-refractivity contribution is 7.98. The molecule has 3 rings (SSSR count). The molecule has 6 nitrogen and oxygen atoms in total. The van der Waals surface area contributed by atoms with E-state index in [1.807, 2.05) is 6.26 Å². The number of hydrogen-bond donors (Lipinski definition) is 1.